The van der Waals surface area contributed by atoms with Gasteiger partial charge < -0.3 is 5.11 Å². The zero-order valence-electron chi connectivity index (χ0n) is 14.4. The lowest BCUT2D eigenvalue weighted by molar-refractivity contribution is 0.0711. The topological polar surface area (TPSA) is 52.9 Å². The lowest BCUT2D eigenvalue weighted by Gasteiger charge is -2.22. The van der Waals surface area contributed by atoms with Gasteiger partial charge >= 0.3 is 0 Å². The predicted molar refractivity (Wildman–Crippen MR) is 106 cm³/mol. The van der Waals surface area contributed by atoms with Gasteiger partial charge in [-0.3, -0.25) is 4.79 Å². The van der Waals surface area contributed by atoms with Gasteiger partial charge in [0.05, 0.1) is 11.8 Å². The van der Waals surface area contributed by atoms with Crippen LogP contribution >= 0.6 is 11.6 Å². The molecule has 1 heterocycles. The molecular formula is C22H17ClN2O2. The second-order valence-electron chi connectivity index (χ2n) is 6.35. The molecule has 0 spiro atoms. The van der Waals surface area contributed by atoms with Crippen molar-refractivity contribution >= 4 is 23.2 Å². The molecule has 1 atom stereocenters. The minimum atomic E-state index is -0.243. The first-order chi connectivity index (χ1) is 13.1. The Labute approximate surface area is 162 Å². The number of nitrogens with zero attached hydrogens (tertiary/aromatic N) is 2. The second kappa shape index (κ2) is 7.25. The fraction of sp³-hybridized carbons (Fsp3) is 0.0909. The molecule has 1 aliphatic heterocycles. The number of phenolic OH excluding ortho intramolecular Hbond substituents is 1. The Bertz CT molecular complexity index is 1000. The number of phenols is 1. The Morgan fingerprint density at radius 3 is 2.37 bits per heavy atom. The molecule has 4 nitrogen and oxygen atoms in total. The summed E-state index contributed by atoms with van der Waals surface area (Å²) in [7, 11) is 0. The summed E-state index contributed by atoms with van der Waals surface area (Å²) < 4.78 is 0. The van der Waals surface area contributed by atoms with Gasteiger partial charge in [0.15, 0.2) is 0 Å². The maximum Gasteiger partial charge on any atom is 0.274 e. The average molecular weight is 377 g/mol. The number of rotatable bonds is 3. The van der Waals surface area contributed by atoms with E-state index in [0.29, 0.717) is 28.3 Å². The molecule has 27 heavy (non-hydrogen) atoms. The summed E-state index contributed by atoms with van der Waals surface area (Å²) in [6.07, 6.45) is 0.497. The van der Waals surface area contributed by atoms with Crippen molar-refractivity contribution in [1.82, 2.24) is 5.01 Å². The van der Waals surface area contributed by atoms with E-state index >= 15 is 0 Å². The highest BCUT2D eigenvalue weighted by Crippen LogP contribution is 2.36. The zero-order valence-corrected chi connectivity index (χ0v) is 15.2. The van der Waals surface area contributed by atoms with E-state index in [1.54, 1.807) is 30.3 Å². The van der Waals surface area contributed by atoms with E-state index in [-0.39, 0.29) is 17.7 Å². The molecule has 1 amide bonds. The quantitative estimate of drug-likeness (QED) is 0.696. The van der Waals surface area contributed by atoms with Crippen molar-refractivity contribution in [3.05, 3.63) is 101 Å². The summed E-state index contributed by atoms with van der Waals surface area (Å²) in [5.41, 5.74) is 2.74. The van der Waals surface area contributed by atoms with Crippen LogP contribution in [0.2, 0.25) is 5.02 Å². The highest BCUT2D eigenvalue weighted by molar-refractivity contribution is 6.31. The molecule has 1 unspecified atom stereocenters. The molecule has 0 saturated heterocycles. The predicted octanol–water partition coefficient (Wildman–Crippen LogP) is 5.04. The molecule has 134 valence electrons. The van der Waals surface area contributed by atoms with E-state index in [4.69, 9.17) is 11.6 Å². The van der Waals surface area contributed by atoms with Gasteiger partial charge in [0.25, 0.3) is 5.91 Å². The van der Waals surface area contributed by atoms with E-state index in [1.807, 2.05) is 48.5 Å². The largest absolute Gasteiger partial charge is 0.507 e. The molecule has 3 aromatic rings. The van der Waals surface area contributed by atoms with E-state index in [0.717, 1.165) is 5.56 Å². The van der Waals surface area contributed by atoms with Crippen LogP contribution in [0.25, 0.3) is 0 Å². The standard InChI is InChI=1S/C22H17ClN2O2/c23-17-11-12-21(26)18(13-17)19-14-20(15-7-3-1-4-8-15)25(24-19)22(27)16-9-5-2-6-10-16/h1-13,20,26H,14H2. The summed E-state index contributed by atoms with van der Waals surface area (Å²) in [5.74, 6) is -0.0834. The Hall–Kier alpha value is -3.11. The average Bonchev–Trinajstić information content (AvgIpc) is 3.16. The van der Waals surface area contributed by atoms with Crippen LogP contribution in [0.15, 0.2) is 84.0 Å². The van der Waals surface area contributed by atoms with Crippen LogP contribution in [-0.2, 0) is 0 Å². The highest BCUT2D eigenvalue weighted by atomic mass is 35.5. The lowest BCUT2D eigenvalue weighted by Crippen LogP contribution is -2.27. The van der Waals surface area contributed by atoms with Crippen molar-refractivity contribution in [3.63, 3.8) is 0 Å². The molecule has 1 N–H and O–H groups in total. The molecule has 0 bridgehead atoms. The number of halogens is 1. The number of benzene rings is 3. The first-order valence-electron chi connectivity index (χ1n) is 8.63. The summed E-state index contributed by atoms with van der Waals surface area (Å²) >= 11 is 6.10. The molecule has 5 heteroatoms. The van der Waals surface area contributed by atoms with Gasteiger partial charge in [-0.15, -0.1) is 0 Å². The second-order valence-corrected chi connectivity index (χ2v) is 6.79. The Balaban J connectivity index is 1.77. The third-order valence-corrected chi connectivity index (χ3v) is 4.83. The molecule has 3 aromatic carbocycles. The number of amides is 1. The Kier molecular flexibility index (Phi) is 4.65. The van der Waals surface area contributed by atoms with Gasteiger partial charge in [-0.1, -0.05) is 60.1 Å². The number of hydrogen-bond donors (Lipinski definition) is 1. The van der Waals surface area contributed by atoms with Crippen LogP contribution < -0.4 is 0 Å². The van der Waals surface area contributed by atoms with Crippen LogP contribution in [-0.4, -0.2) is 21.7 Å². The minimum Gasteiger partial charge on any atom is -0.507 e. The van der Waals surface area contributed by atoms with Gasteiger partial charge in [-0.2, -0.15) is 5.10 Å². The molecule has 0 aliphatic carbocycles. The monoisotopic (exact) mass is 376 g/mol. The maximum atomic E-state index is 13.1. The highest BCUT2D eigenvalue weighted by Gasteiger charge is 2.34. The van der Waals surface area contributed by atoms with Crippen LogP contribution in [0.3, 0.4) is 0 Å². The fourth-order valence-corrected chi connectivity index (χ4v) is 3.42. The Morgan fingerprint density at radius 2 is 1.67 bits per heavy atom. The van der Waals surface area contributed by atoms with Crippen molar-refractivity contribution in [2.75, 3.05) is 0 Å². The SMILES string of the molecule is O=C(c1ccccc1)N1N=C(c2cc(Cl)ccc2O)CC1c1ccccc1. The number of hydrazone groups is 1. The van der Waals surface area contributed by atoms with Gasteiger partial charge in [-0.05, 0) is 35.9 Å². The first kappa shape index (κ1) is 17.3. The van der Waals surface area contributed by atoms with Gasteiger partial charge in [-0.25, -0.2) is 5.01 Å². The van der Waals surface area contributed by atoms with E-state index in [1.165, 1.54) is 5.01 Å². The molecular weight excluding hydrogens is 360 g/mol. The summed E-state index contributed by atoms with van der Waals surface area (Å²) in [6, 6.07) is 23.4. The summed E-state index contributed by atoms with van der Waals surface area (Å²) in [6.45, 7) is 0. The zero-order chi connectivity index (χ0) is 18.8. The molecule has 1 aliphatic rings. The summed E-state index contributed by atoms with van der Waals surface area (Å²) in [5, 5.41) is 16.8. The maximum absolute atomic E-state index is 13.1. The van der Waals surface area contributed by atoms with E-state index in [9.17, 15) is 9.90 Å². The minimum absolute atomic E-state index is 0.0963. The van der Waals surface area contributed by atoms with Crippen molar-refractivity contribution in [3.8, 4) is 5.75 Å². The molecule has 0 aromatic heterocycles. The number of aromatic hydroxyl groups is 1. The van der Waals surface area contributed by atoms with Gasteiger partial charge in [0, 0.05) is 22.6 Å². The van der Waals surface area contributed by atoms with Crippen LogP contribution in [0.4, 0.5) is 0 Å². The fourth-order valence-electron chi connectivity index (χ4n) is 3.25. The van der Waals surface area contributed by atoms with Gasteiger partial charge in [0.2, 0.25) is 0 Å². The first-order valence-corrected chi connectivity index (χ1v) is 9.01. The van der Waals surface area contributed by atoms with E-state index in [2.05, 4.69) is 5.10 Å². The van der Waals surface area contributed by atoms with Crippen molar-refractivity contribution in [2.45, 2.75) is 12.5 Å². The molecule has 0 radical (unpaired) electrons. The van der Waals surface area contributed by atoms with Crippen LogP contribution in [0, 0.1) is 0 Å². The van der Waals surface area contributed by atoms with Crippen molar-refractivity contribution in [1.29, 1.82) is 0 Å². The van der Waals surface area contributed by atoms with Crippen LogP contribution in [0.1, 0.15) is 33.9 Å². The molecule has 4 rings (SSSR count). The smallest absolute Gasteiger partial charge is 0.274 e. The van der Waals surface area contributed by atoms with Crippen LogP contribution in [0.5, 0.6) is 5.75 Å². The van der Waals surface area contributed by atoms with Crippen molar-refractivity contribution in [2.24, 2.45) is 5.10 Å². The van der Waals surface area contributed by atoms with E-state index < -0.39 is 0 Å². The van der Waals surface area contributed by atoms with Crippen molar-refractivity contribution < 1.29 is 9.90 Å². The number of carbonyl (C=O) groups is 1. The third-order valence-electron chi connectivity index (χ3n) is 4.59. The normalized spacial score (nSPS) is 16.3. The molecule has 0 saturated carbocycles. The summed E-state index contributed by atoms with van der Waals surface area (Å²) in [4.78, 5) is 13.1. The van der Waals surface area contributed by atoms with Gasteiger partial charge in [0.1, 0.15) is 5.75 Å². The number of hydrogen-bond acceptors (Lipinski definition) is 3. The Morgan fingerprint density at radius 1 is 1.00 bits per heavy atom. The molecule has 0 fully saturated rings. The third kappa shape index (κ3) is 3.44. The lowest BCUT2D eigenvalue weighted by atomic mass is 9.97. The number of carbonyl (C=O) groups excluding carboxylic acids is 1.